The van der Waals surface area contributed by atoms with E-state index in [0.717, 1.165) is 11.3 Å². The first-order chi connectivity index (χ1) is 16.8. The van der Waals surface area contributed by atoms with Gasteiger partial charge < -0.3 is 24.1 Å². The number of benzene rings is 2. The zero-order valence-electron chi connectivity index (χ0n) is 20.0. The van der Waals surface area contributed by atoms with Crippen molar-refractivity contribution in [3.63, 3.8) is 0 Å². The van der Waals surface area contributed by atoms with Crippen LogP contribution < -0.4 is 19.5 Å². The highest BCUT2D eigenvalue weighted by molar-refractivity contribution is 6.32. The van der Waals surface area contributed by atoms with Crippen LogP contribution in [0.1, 0.15) is 29.4 Å². The van der Waals surface area contributed by atoms with Gasteiger partial charge in [-0.3, -0.25) is 4.79 Å². The highest BCUT2D eigenvalue weighted by Crippen LogP contribution is 2.37. The third-order valence-electron chi connectivity index (χ3n) is 4.95. The Morgan fingerprint density at radius 3 is 2.54 bits per heavy atom. The number of carbonyl (C=O) groups excluding carboxylic acids is 1. The van der Waals surface area contributed by atoms with E-state index >= 15 is 0 Å². The zero-order valence-corrected chi connectivity index (χ0v) is 20.7. The molecule has 0 unspecified atom stereocenters. The van der Waals surface area contributed by atoms with Gasteiger partial charge in [0, 0.05) is 6.07 Å². The lowest BCUT2D eigenvalue weighted by molar-refractivity contribution is -0.112. The maximum absolute atomic E-state index is 12.5. The van der Waals surface area contributed by atoms with Crippen LogP contribution in [0.3, 0.4) is 0 Å². The van der Waals surface area contributed by atoms with Gasteiger partial charge in [-0.05, 0) is 74.7 Å². The fraction of sp³-hybridized carbons (Fsp3) is 0.269. The summed E-state index contributed by atoms with van der Waals surface area (Å²) in [7, 11) is 0. The summed E-state index contributed by atoms with van der Waals surface area (Å²) < 4.78 is 22.2. The Balaban J connectivity index is 1.71. The van der Waals surface area contributed by atoms with E-state index in [1.807, 2.05) is 45.0 Å². The molecule has 0 aliphatic carbocycles. The molecule has 3 rings (SSSR count). The number of aromatic nitrogens is 1. The number of anilines is 1. The van der Waals surface area contributed by atoms with Crippen molar-refractivity contribution < 1.29 is 23.5 Å². The van der Waals surface area contributed by atoms with Gasteiger partial charge in [0.15, 0.2) is 17.3 Å². The Hall–Kier alpha value is -3.96. The number of carbonyl (C=O) groups is 1. The molecule has 2 aromatic carbocycles. The van der Waals surface area contributed by atoms with Gasteiger partial charge in [-0.25, -0.2) is 0 Å². The lowest BCUT2D eigenvalue weighted by Gasteiger charge is -2.15. The number of aryl methyl sites for hydroxylation is 3. The van der Waals surface area contributed by atoms with Crippen LogP contribution in [0.4, 0.5) is 5.82 Å². The summed E-state index contributed by atoms with van der Waals surface area (Å²) in [6.07, 6.45) is 1.41. The molecule has 0 aliphatic heterocycles. The number of hydrogen-bond donors (Lipinski definition) is 1. The molecule has 182 valence electrons. The number of rotatable bonds is 10. The summed E-state index contributed by atoms with van der Waals surface area (Å²) >= 11 is 6.46. The second kappa shape index (κ2) is 12.0. The summed E-state index contributed by atoms with van der Waals surface area (Å²) in [5.74, 6) is 1.63. The molecule has 0 fully saturated rings. The van der Waals surface area contributed by atoms with E-state index in [9.17, 15) is 10.1 Å². The SMILES string of the molecule is CCOc1cc(C=C(C#N)C(=O)Nc2cc(C)on2)cc(Cl)c1OCCOc1ccc(C)c(C)c1. The van der Waals surface area contributed by atoms with E-state index < -0.39 is 5.91 Å². The van der Waals surface area contributed by atoms with Gasteiger partial charge >= 0.3 is 0 Å². The maximum Gasteiger partial charge on any atom is 0.267 e. The molecule has 0 aliphatic rings. The molecule has 0 radical (unpaired) electrons. The summed E-state index contributed by atoms with van der Waals surface area (Å²) in [6.45, 7) is 8.52. The highest BCUT2D eigenvalue weighted by atomic mass is 35.5. The van der Waals surface area contributed by atoms with Crippen LogP contribution >= 0.6 is 11.6 Å². The Labute approximate surface area is 209 Å². The van der Waals surface area contributed by atoms with Crippen molar-refractivity contribution in [1.82, 2.24) is 5.16 Å². The normalized spacial score (nSPS) is 11.0. The van der Waals surface area contributed by atoms with E-state index in [2.05, 4.69) is 10.5 Å². The van der Waals surface area contributed by atoms with Crippen molar-refractivity contribution in [2.24, 2.45) is 0 Å². The van der Waals surface area contributed by atoms with Crippen molar-refractivity contribution in [2.75, 3.05) is 25.1 Å². The van der Waals surface area contributed by atoms with Crippen LogP contribution in [0, 0.1) is 32.1 Å². The summed E-state index contributed by atoms with van der Waals surface area (Å²) in [6, 6.07) is 12.6. The van der Waals surface area contributed by atoms with Crippen molar-refractivity contribution in [3.05, 3.63) is 69.4 Å². The number of halogens is 1. The zero-order chi connectivity index (χ0) is 25.4. The second-order valence-corrected chi connectivity index (χ2v) is 8.06. The minimum atomic E-state index is -0.626. The van der Waals surface area contributed by atoms with E-state index in [1.165, 1.54) is 11.6 Å². The van der Waals surface area contributed by atoms with Crippen molar-refractivity contribution in [2.45, 2.75) is 27.7 Å². The van der Waals surface area contributed by atoms with Crippen LogP contribution in [-0.2, 0) is 4.79 Å². The Morgan fingerprint density at radius 2 is 1.89 bits per heavy atom. The molecule has 35 heavy (non-hydrogen) atoms. The van der Waals surface area contributed by atoms with E-state index in [0.29, 0.717) is 36.0 Å². The fourth-order valence-corrected chi connectivity index (χ4v) is 3.38. The number of hydrogen-bond acceptors (Lipinski definition) is 7. The standard InChI is InChI=1S/C26H26ClN3O5/c1-5-32-23-14-19(12-20(15-28)26(31)29-24-11-18(4)35-30-24)13-22(27)25(23)34-9-8-33-21-7-6-16(2)17(3)10-21/h6-7,10-14H,5,8-9H2,1-4H3,(H,29,30,31). The van der Waals surface area contributed by atoms with E-state index in [4.69, 9.17) is 30.3 Å². The quantitative estimate of drug-likeness (QED) is 0.220. The Kier molecular flexibility index (Phi) is 8.76. The first-order valence-electron chi connectivity index (χ1n) is 11.0. The molecule has 0 saturated heterocycles. The third-order valence-corrected chi connectivity index (χ3v) is 5.23. The summed E-state index contributed by atoms with van der Waals surface area (Å²) in [5, 5.41) is 16.0. The molecule has 0 spiro atoms. The largest absolute Gasteiger partial charge is 0.490 e. The number of nitrogens with zero attached hydrogens (tertiary/aromatic N) is 2. The molecule has 8 nitrogen and oxygen atoms in total. The summed E-state index contributed by atoms with van der Waals surface area (Å²) in [5.41, 5.74) is 2.70. The first kappa shape index (κ1) is 25.7. The average molecular weight is 496 g/mol. The number of nitriles is 1. The van der Waals surface area contributed by atoms with Crippen molar-refractivity contribution >= 4 is 29.4 Å². The molecule has 0 bridgehead atoms. The molecule has 0 atom stereocenters. The average Bonchev–Trinajstić information content (AvgIpc) is 3.23. The molecule has 9 heteroatoms. The molecule has 0 saturated carbocycles. The Morgan fingerprint density at radius 1 is 1.11 bits per heavy atom. The molecule has 1 heterocycles. The van der Waals surface area contributed by atoms with E-state index in [1.54, 1.807) is 25.1 Å². The second-order valence-electron chi connectivity index (χ2n) is 7.65. The smallest absolute Gasteiger partial charge is 0.267 e. The van der Waals surface area contributed by atoms with Gasteiger partial charge in [0.1, 0.15) is 36.4 Å². The molecular formula is C26H26ClN3O5. The molecule has 1 aromatic heterocycles. The number of nitrogens with one attached hydrogen (secondary N) is 1. The number of ether oxygens (including phenoxy) is 3. The highest BCUT2D eigenvalue weighted by Gasteiger charge is 2.16. The van der Waals surface area contributed by atoms with Crippen LogP contribution in [-0.4, -0.2) is 30.9 Å². The lowest BCUT2D eigenvalue weighted by atomic mass is 10.1. The van der Waals surface area contributed by atoms with Gasteiger partial charge in [0.05, 0.1) is 11.6 Å². The summed E-state index contributed by atoms with van der Waals surface area (Å²) in [4.78, 5) is 12.5. The van der Waals surface area contributed by atoms with Crippen molar-refractivity contribution in [1.29, 1.82) is 5.26 Å². The van der Waals surface area contributed by atoms with Crippen LogP contribution in [0.5, 0.6) is 17.2 Å². The monoisotopic (exact) mass is 495 g/mol. The number of amides is 1. The van der Waals surface area contributed by atoms with Gasteiger partial charge in [-0.2, -0.15) is 5.26 Å². The predicted octanol–water partition coefficient (Wildman–Crippen LogP) is 5.66. The first-order valence-corrected chi connectivity index (χ1v) is 11.3. The minimum absolute atomic E-state index is 0.139. The minimum Gasteiger partial charge on any atom is -0.490 e. The van der Waals surface area contributed by atoms with Gasteiger partial charge in [0.25, 0.3) is 5.91 Å². The Bertz CT molecular complexity index is 1280. The fourth-order valence-electron chi connectivity index (χ4n) is 3.11. The van der Waals surface area contributed by atoms with Crippen LogP contribution in [0.2, 0.25) is 5.02 Å². The maximum atomic E-state index is 12.5. The van der Waals surface area contributed by atoms with Crippen LogP contribution in [0.15, 0.2) is 46.5 Å². The molecule has 3 aromatic rings. The topological polar surface area (TPSA) is 107 Å². The molecule has 1 amide bonds. The van der Waals surface area contributed by atoms with E-state index in [-0.39, 0.29) is 23.0 Å². The van der Waals surface area contributed by atoms with Gasteiger partial charge in [-0.15, -0.1) is 0 Å². The third kappa shape index (κ3) is 7.01. The van der Waals surface area contributed by atoms with Gasteiger partial charge in [-0.1, -0.05) is 22.8 Å². The molecular weight excluding hydrogens is 470 g/mol. The van der Waals surface area contributed by atoms with Gasteiger partial charge in [0.2, 0.25) is 0 Å². The lowest BCUT2D eigenvalue weighted by Crippen LogP contribution is -2.13. The van der Waals surface area contributed by atoms with Crippen LogP contribution in [0.25, 0.3) is 6.08 Å². The predicted molar refractivity (Wildman–Crippen MR) is 133 cm³/mol. The molecule has 1 N–H and O–H groups in total. The van der Waals surface area contributed by atoms with Crippen molar-refractivity contribution in [3.8, 4) is 23.3 Å².